The highest BCUT2D eigenvalue weighted by Gasteiger charge is 2.56. The number of ether oxygens (including phenoxy) is 1. The number of pyridine rings is 1. The van der Waals surface area contributed by atoms with Crippen molar-refractivity contribution in [3.8, 4) is 5.75 Å². The summed E-state index contributed by atoms with van der Waals surface area (Å²) in [4.78, 5) is 28.9. The Morgan fingerprint density at radius 3 is 2.27 bits per heavy atom. The fourth-order valence-electron chi connectivity index (χ4n) is 2.82. The molecule has 1 saturated carbocycles. The van der Waals surface area contributed by atoms with E-state index in [1.807, 2.05) is 36.4 Å². The van der Waals surface area contributed by atoms with Gasteiger partial charge in [-0.05, 0) is 54.7 Å². The summed E-state index contributed by atoms with van der Waals surface area (Å²) in [6.07, 6.45) is 5.28. The van der Waals surface area contributed by atoms with Crippen molar-refractivity contribution in [2.45, 2.75) is 25.8 Å². The maximum Gasteiger partial charge on any atom is 0.235 e. The molecule has 1 aliphatic rings. The molecule has 1 aromatic carbocycles. The van der Waals surface area contributed by atoms with Crippen molar-refractivity contribution in [1.82, 2.24) is 15.6 Å². The number of rotatable bonds is 8. The van der Waals surface area contributed by atoms with Crippen molar-refractivity contribution in [3.63, 3.8) is 0 Å². The van der Waals surface area contributed by atoms with Gasteiger partial charge in [0.05, 0.1) is 7.11 Å². The average molecular weight is 353 g/mol. The maximum absolute atomic E-state index is 12.5. The Labute approximate surface area is 153 Å². The SMILES string of the molecule is COc1ccc(CCNC(=O)C2(C(=O)NCc3ccncc3)CC2)cc1. The van der Waals surface area contributed by atoms with Gasteiger partial charge in [-0.2, -0.15) is 0 Å². The van der Waals surface area contributed by atoms with Gasteiger partial charge in [0, 0.05) is 25.5 Å². The molecule has 1 heterocycles. The topological polar surface area (TPSA) is 80.3 Å². The van der Waals surface area contributed by atoms with Gasteiger partial charge in [-0.15, -0.1) is 0 Å². The predicted molar refractivity (Wildman–Crippen MR) is 97.5 cm³/mol. The summed E-state index contributed by atoms with van der Waals surface area (Å²) < 4.78 is 5.13. The van der Waals surface area contributed by atoms with Crippen LogP contribution in [-0.4, -0.2) is 30.5 Å². The van der Waals surface area contributed by atoms with Crippen LogP contribution >= 0.6 is 0 Å². The van der Waals surface area contributed by atoms with Crippen LogP contribution in [0.15, 0.2) is 48.8 Å². The number of aromatic nitrogens is 1. The van der Waals surface area contributed by atoms with Gasteiger partial charge in [0.1, 0.15) is 11.2 Å². The molecule has 1 aromatic heterocycles. The Kier molecular flexibility index (Phi) is 5.51. The molecule has 0 bridgehead atoms. The number of hydrogen-bond donors (Lipinski definition) is 2. The van der Waals surface area contributed by atoms with Crippen molar-refractivity contribution in [3.05, 3.63) is 59.9 Å². The van der Waals surface area contributed by atoms with Crippen LogP contribution in [0.2, 0.25) is 0 Å². The molecule has 2 N–H and O–H groups in total. The molecule has 0 spiro atoms. The van der Waals surface area contributed by atoms with Crippen LogP contribution < -0.4 is 15.4 Å². The fourth-order valence-corrected chi connectivity index (χ4v) is 2.82. The van der Waals surface area contributed by atoms with Gasteiger partial charge in [0.15, 0.2) is 0 Å². The minimum Gasteiger partial charge on any atom is -0.497 e. The molecule has 6 heteroatoms. The van der Waals surface area contributed by atoms with E-state index >= 15 is 0 Å². The van der Waals surface area contributed by atoms with Gasteiger partial charge in [0.25, 0.3) is 0 Å². The highest BCUT2D eigenvalue weighted by atomic mass is 16.5. The molecule has 0 aliphatic heterocycles. The molecule has 1 fully saturated rings. The van der Waals surface area contributed by atoms with Gasteiger partial charge < -0.3 is 15.4 Å². The molecule has 0 atom stereocenters. The lowest BCUT2D eigenvalue weighted by Gasteiger charge is -2.15. The molecule has 2 amide bonds. The number of carbonyl (C=O) groups is 2. The number of methoxy groups -OCH3 is 1. The molecule has 0 radical (unpaired) electrons. The first-order valence-corrected chi connectivity index (χ1v) is 8.72. The Balaban J connectivity index is 1.46. The molecule has 136 valence electrons. The normalized spacial score (nSPS) is 14.3. The first kappa shape index (κ1) is 17.9. The van der Waals surface area contributed by atoms with E-state index in [9.17, 15) is 9.59 Å². The third-order valence-electron chi connectivity index (χ3n) is 4.68. The van der Waals surface area contributed by atoms with Crippen LogP contribution in [0, 0.1) is 5.41 Å². The molecule has 26 heavy (non-hydrogen) atoms. The smallest absolute Gasteiger partial charge is 0.235 e. The summed E-state index contributed by atoms with van der Waals surface area (Å²) in [6.45, 7) is 0.910. The van der Waals surface area contributed by atoms with Crippen molar-refractivity contribution >= 4 is 11.8 Å². The molecule has 3 rings (SSSR count). The van der Waals surface area contributed by atoms with Crippen LogP contribution in [-0.2, 0) is 22.6 Å². The zero-order valence-corrected chi connectivity index (χ0v) is 14.8. The summed E-state index contributed by atoms with van der Waals surface area (Å²) >= 11 is 0. The lowest BCUT2D eigenvalue weighted by molar-refractivity contribution is -0.137. The van der Waals surface area contributed by atoms with E-state index < -0.39 is 5.41 Å². The van der Waals surface area contributed by atoms with Crippen molar-refractivity contribution in [2.75, 3.05) is 13.7 Å². The predicted octanol–water partition coefficient (Wildman–Crippen LogP) is 1.85. The Morgan fingerprint density at radius 2 is 1.65 bits per heavy atom. The Morgan fingerprint density at radius 1 is 1.00 bits per heavy atom. The second kappa shape index (κ2) is 7.99. The minimum atomic E-state index is -0.896. The lowest BCUT2D eigenvalue weighted by Crippen LogP contribution is -2.43. The van der Waals surface area contributed by atoms with Crippen LogP contribution in [0.1, 0.15) is 24.0 Å². The van der Waals surface area contributed by atoms with Crippen molar-refractivity contribution < 1.29 is 14.3 Å². The van der Waals surface area contributed by atoms with Gasteiger partial charge in [-0.3, -0.25) is 14.6 Å². The number of benzene rings is 1. The molecule has 6 nitrogen and oxygen atoms in total. The average Bonchev–Trinajstić information content (AvgIpc) is 3.49. The molecule has 2 aromatic rings. The summed E-state index contributed by atoms with van der Waals surface area (Å²) in [7, 11) is 1.63. The summed E-state index contributed by atoms with van der Waals surface area (Å²) in [5, 5.41) is 5.76. The lowest BCUT2D eigenvalue weighted by atomic mass is 10.0. The third kappa shape index (κ3) is 4.20. The number of nitrogens with zero attached hydrogens (tertiary/aromatic N) is 1. The number of amides is 2. The van der Waals surface area contributed by atoms with Crippen molar-refractivity contribution in [2.24, 2.45) is 5.41 Å². The Hall–Kier alpha value is -2.89. The van der Waals surface area contributed by atoms with E-state index in [0.29, 0.717) is 32.4 Å². The maximum atomic E-state index is 12.5. The van der Waals surface area contributed by atoms with Gasteiger partial charge >= 0.3 is 0 Å². The van der Waals surface area contributed by atoms with E-state index in [1.54, 1.807) is 19.5 Å². The Bertz CT molecular complexity index is 756. The first-order chi connectivity index (χ1) is 12.6. The third-order valence-corrected chi connectivity index (χ3v) is 4.68. The van der Waals surface area contributed by atoms with Gasteiger partial charge in [0.2, 0.25) is 11.8 Å². The van der Waals surface area contributed by atoms with E-state index in [2.05, 4.69) is 15.6 Å². The summed E-state index contributed by atoms with van der Waals surface area (Å²) in [6, 6.07) is 11.4. The minimum absolute atomic E-state index is 0.182. The van der Waals surface area contributed by atoms with Gasteiger partial charge in [-0.1, -0.05) is 12.1 Å². The van der Waals surface area contributed by atoms with Gasteiger partial charge in [-0.25, -0.2) is 0 Å². The molecule has 0 saturated heterocycles. The van der Waals surface area contributed by atoms with Crippen molar-refractivity contribution in [1.29, 1.82) is 0 Å². The molecule has 0 unspecified atom stereocenters. The van der Waals surface area contributed by atoms with E-state index in [0.717, 1.165) is 16.9 Å². The van der Waals surface area contributed by atoms with Crippen LogP contribution in [0.5, 0.6) is 5.75 Å². The van der Waals surface area contributed by atoms with E-state index in [4.69, 9.17) is 4.74 Å². The zero-order valence-electron chi connectivity index (χ0n) is 14.8. The first-order valence-electron chi connectivity index (χ1n) is 8.72. The quantitative estimate of drug-likeness (QED) is 0.710. The number of nitrogens with one attached hydrogen (secondary N) is 2. The van der Waals surface area contributed by atoms with Crippen LogP contribution in [0.3, 0.4) is 0 Å². The molecule has 1 aliphatic carbocycles. The fraction of sp³-hybridized carbons (Fsp3) is 0.350. The van der Waals surface area contributed by atoms with E-state index in [-0.39, 0.29) is 11.8 Å². The molecular weight excluding hydrogens is 330 g/mol. The van der Waals surface area contributed by atoms with E-state index in [1.165, 1.54) is 0 Å². The monoisotopic (exact) mass is 353 g/mol. The highest BCUT2D eigenvalue weighted by Crippen LogP contribution is 2.46. The van der Waals surface area contributed by atoms with Crippen LogP contribution in [0.25, 0.3) is 0 Å². The van der Waals surface area contributed by atoms with Crippen LogP contribution in [0.4, 0.5) is 0 Å². The number of carbonyl (C=O) groups excluding carboxylic acids is 2. The number of hydrogen-bond acceptors (Lipinski definition) is 4. The second-order valence-corrected chi connectivity index (χ2v) is 6.47. The largest absolute Gasteiger partial charge is 0.497 e. The zero-order chi connectivity index (χ0) is 18.4. The summed E-state index contributed by atoms with van der Waals surface area (Å²) in [5.41, 5.74) is 1.18. The standard InChI is InChI=1S/C20H23N3O3/c1-26-17-4-2-15(3-5-17)8-13-22-18(24)20(9-10-20)19(25)23-14-16-6-11-21-12-7-16/h2-7,11-12H,8-10,13-14H2,1H3,(H,22,24)(H,23,25). The second-order valence-electron chi connectivity index (χ2n) is 6.47. The highest BCUT2D eigenvalue weighted by molar-refractivity contribution is 6.07. The molecular formula is C20H23N3O3. The summed E-state index contributed by atoms with van der Waals surface area (Å²) in [5.74, 6) is 0.426.